The van der Waals surface area contributed by atoms with Crippen molar-refractivity contribution < 1.29 is 14.3 Å². The first kappa shape index (κ1) is 14.6. The molecule has 1 aromatic rings. The van der Waals surface area contributed by atoms with Crippen molar-refractivity contribution in [1.29, 1.82) is 0 Å². The lowest BCUT2D eigenvalue weighted by atomic mass is 9.91. The quantitative estimate of drug-likeness (QED) is 0.819. The van der Waals surface area contributed by atoms with Crippen LogP contribution < -0.4 is 5.32 Å². The standard InChI is InChI=1S/C14H20FNO2/c1-4-10(2)16-14(3,13(17)18)9-11-6-5-7-12(15)8-11/h5-8,10,16H,4,9H2,1-3H3,(H,17,18). The van der Waals surface area contributed by atoms with Gasteiger partial charge < -0.3 is 5.11 Å². The normalized spacial score (nSPS) is 16.0. The van der Waals surface area contributed by atoms with Crippen molar-refractivity contribution in [2.24, 2.45) is 0 Å². The number of carbonyl (C=O) groups is 1. The van der Waals surface area contributed by atoms with Crippen molar-refractivity contribution in [1.82, 2.24) is 5.32 Å². The number of rotatable bonds is 6. The first-order valence-electron chi connectivity index (χ1n) is 6.13. The minimum Gasteiger partial charge on any atom is -0.480 e. The van der Waals surface area contributed by atoms with Gasteiger partial charge >= 0.3 is 5.97 Å². The zero-order chi connectivity index (χ0) is 13.8. The molecule has 2 N–H and O–H groups in total. The van der Waals surface area contributed by atoms with E-state index in [-0.39, 0.29) is 18.3 Å². The van der Waals surface area contributed by atoms with E-state index < -0.39 is 11.5 Å². The Balaban J connectivity index is 2.89. The zero-order valence-corrected chi connectivity index (χ0v) is 11.0. The molecule has 0 aliphatic carbocycles. The Morgan fingerprint density at radius 3 is 2.72 bits per heavy atom. The minimum atomic E-state index is -1.08. The van der Waals surface area contributed by atoms with Crippen LogP contribution in [-0.2, 0) is 11.2 Å². The average molecular weight is 253 g/mol. The molecule has 0 amide bonds. The first-order chi connectivity index (χ1) is 8.37. The van der Waals surface area contributed by atoms with Crippen LogP contribution in [0.15, 0.2) is 24.3 Å². The van der Waals surface area contributed by atoms with Gasteiger partial charge in [-0.2, -0.15) is 0 Å². The highest BCUT2D eigenvalue weighted by Gasteiger charge is 2.34. The summed E-state index contributed by atoms with van der Waals surface area (Å²) in [6, 6.07) is 6.15. The minimum absolute atomic E-state index is 0.0969. The molecule has 100 valence electrons. The van der Waals surface area contributed by atoms with Gasteiger partial charge in [-0.3, -0.25) is 10.1 Å². The first-order valence-corrected chi connectivity index (χ1v) is 6.13. The molecular formula is C14H20FNO2. The van der Waals surface area contributed by atoms with Gasteiger partial charge in [0.25, 0.3) is 0 Å². The summed E-state index contributed by atoms with van der Waals surface area (Å²) in [4.78, 5) is 11.4. The topological polar surface area (TPSA) is 49.3 Å². The van der Waals surface area contributed by atoms with Gasteiger partial charge in [-0.25, -0.2) is 4.39 Å². The third-order valence-electron chi connectivity index (χ3n) is 3.10. The fraction of sp³-hybridized carbons (Fsp3) is 0.500. The molecule has 0 saturated carbocycles. The Morgan fingerprint density at radius 1 is 1.56 bits per heavy atom. The number of carboxylic acids is 1. The molecule has 4 heteroatoms. The van der Waals surface area contributed by atoms with Crippen LogP contribution >= 0.6 is 0 Å². The van der Waals surface area contributed by atoms with Crippen molar-refractivity contribution >= 4 is 5.97 Å². The number of hydrogen-bond donors (Lipinski definition) is 2. The van der Waals surface area contributed by atoms with E-state index in [0.717, 1.165) is 6.42 Å². The Hall–Kier alpha value is -1.42. The van der Waals surface area contributed by atoms with Crippen LogP contribution in [-0.4, -0.2) is 22.7 Å². The number of benzene rings is 1. The third-order valence-corrected chi connectivity index (χ3v) is 3.10. The predicted octanol–water partition coefficient (Wildman–Crippen LogP) is 2.60. The van der Waals surface area contributed by atoms with Gasteiger partial charge in [-0.15, -0.1) is 0 Å². The number of halogens is 1. The van der Waals surface area contributed by atoms with Crippen molar-refractivity contribution in [3.8, 4) is 0 Å². The predicted molar refractivity (Wildman–Crippen MR) is 69.0 cm³/mol. The van der Waals surface area contributed by atoms with Gasteiger partial charge in [0, 0.05) is 12.5 Å². The van der Waals surface area contributed by atoms with Gasteiger partial charge in [0.15, 0.2) is 0 Å². The van der Waals surface area contributed by atoms with Crippen LogP contribution in [0.4, 0.5) is 4.39 Å². The molecule has 1 rings (SSSR count). The van der Waals surface area contributed by atoms with Gasteiger partial charge in [-0.1, -0.05) is 19.1 Å². The van der Waals surface area contributed by atoms with Crippen LogP contribution in [0, 0.1) is 5.82 Å². The monoisotopic (exact) mass is 253 g/mol. The third kappa shape index (κ3) is 3.81. The molecule has 2 unspecified atom stereocenters. The molecule has 0 aromatic heterocycles. The van der Waals surface area contributed by atoms with Crippen LogP contribution in [0.25, 0.3) is 0 Å². The lowest BCUT2D eigenvalue weighted by Crippen LogP contribution is -2.54. The summed E-state index contributed by atoms with van der Waals surface area (Å²) < 4.78 is 13.1. The summed E-state index contributed by atoms with van der Waals surface area (Å²) in [7, 11) is 0. The Bertz CT molecular complexity index is 422. The second kappa shape index (κ2) is 5.96. The van der Waals surface area contributed by atoms with Crippen molar-refractivity contribution in [3.05, 3.63) is 35.6 Å². The molecule has 0 saturated heterocycles. The maximum atomic E-state index is 13.1. The average Bonchev–Trinajstić information content (AvgIpc) is 2.28. The lowest BCUT2D eigenvalue weighted by molar-refractivity contribution is -0.144. The summed E-state index contributed by atoms with van der Waals surface area (Å²) in [6.07, 6.45) is 1.09. The molecule has 3 nitrogen and oxygen atoms in total. The Morgan fingerprint density at radius 2 is 2.22 bits per heavy atom. The summed E-state index contributed by atoms with van der Waals surface area (Å²) in [6.45, 7) is 5.56. The van der Waals surface area contributed by atoms with Crippen molar-refractivity contribution in [2.75, 3.05) is 0 Å². The molecule has 0 spiro atoms. The SMILES string of the molecule is CCC(C)NC(C)(Cc1cccc(F)c1)C(=O)O. The molecule has 0 aliphatic rings. The second-order valence-electron chi connectivity index (χ2n) is 4.90. The van der Waals surface area contributed by atoms with Gasteiger partial charge in [-0.05, 0) is 38.0 Å². The van der Waals surface area contributed by atoms with Crippen LogP contribution in [0.2, 0.25) is 0 Å². The fourth-order valence-corrected chi connectivity index (χ4v) is 1.89. The van der Waals surface area contributed by atoms with Gasteiger partial charge in [0.1, 0.15) is 11.4 Å². The molecule has 1 aromatic carbocycles. The zero-order valence-electron chi connectivity index (χ0n) is 11.0. The van der Waals surface area contributed by atoms with E-state index in [1.54, 1.807) is 19.1 Å². The highest BCUT2D eigenvalue weighted by Crippen LogP contribution is 2.16. The molecule has 0 heterocycles. The van der Waals surface area contributed by atoms with E-state index in [9.17, 15) is 14.3 Å². The Labute approximate surface area is 107 Å². The number of hydrogen-bond acceptors (Lipinski definition) is 2. The summed E-state index contributed by atoms with van der Waals surface area (Å²) in [5.74, 6) is -1.27. The molecular weight excluding hydrogens is 233 g/mol. The van der Waals surface area contributed by atoms with E-state index in [1.807, 2.05) is 13.8 Å². The van der Waals surface area contributed by atoms with Gasteiger partial charge in [0.2, 0.25) is 0 Å². The van der Waals surface area contributed by atoms with E-state index in [2.05, 4.69) is 5.32 Å². The maximum Gasteiger partial charge on any atom is 0.323 e. The molecule has 0 radical (unpaired) electrons. The summed E-state index contributed by atoms with van der Waals surface area (Å²) >= 11 is 0. The molecule has 0 bridgehead atoms. The number of carboxylic acid groups (broad SMARTS) is 1. The van der Waals surface area contributed by atoms with E-state index in [4.69, 9.17) is 0 Å². The second-order valence-corrected chi connectivity index (χ2v) is 4.90. The molecule has 18 heavy (non-hydrogen) atoms. The van der Waals surface area contributed by atoms with Crippen molar-refractivity contribution in [2.45, 2.75) is 45.2 Å². The Kier molecular flexibility index (Phi) is 4.84. The van der Waals surface area contributed by atoms with Crippen molar-refractivity contribution in [3.63, 3.8) is 0 Å². The summed E-state index contributed by atoms with van der Waals surface area (Å²) in [5, 5.41) is 12.4. The number of aliphatic carboxylic acids is 1. The fourth-order valence-electron chi connectivity index (χ4n) is 1.89. The highest BCUT2D eigenvalue weighted by molar-refractivity contribution is 5.78. The molecule has 2 atom stereocenters. The summed E-state index contributed by atoms with van der Waals surface area (Å²) in [5.41, 5.74) is -0.404. The number of nitrogens with one attached hydrogen (secondary N) is 1. The molecule has 0 aliphatic heterocycles. The lowest BCUT2D eigenvalue weighted by Gasteiger charge is -2.29. The van der Waals surface area contributed by atoms with Crippen LogP contribution in [0.1, 0.15) is 32.8 Å². The maximum absolute atomic E-state index is 13.1. The molecule has 0 fully saturated rings. The van der Waals surface area contributed by atoms with E-state index in [1.165, 1.54) is 12.1 Å². The van der Waals surface area contributed by atoms with Crippen LogP contribution in [0.5, 0.6) is 0 Å². The largest absolute Gasteiger partial charge is 0.480 e. The smallest absolute Gasteiger partial charge is 0.323 e. The van der Waals surface area contributed by atoms with E-state index >= 15 is 0 Å². The van der Waals surface area contributed by atoms with Crippen LogP contribution in [0.3, 0.4) is 0 Å². The van der Waals surface area contributed by atoms with E-state index in [0.29, 0.717) is 5.56 Å². The van der Waals surface area contributed by atoms with Gasteiger partial charge in [0.05, 0.1) is 0 Å². The highest BCUT2D eigenvalue weighted by atomic mass is 19.1.